The largest absolute Gasteiger partial charge is 0.494 e. The highest BCUT2D eigenvalue weighted by Crippen LogP contribution is 2.47. The third kappa shape index (κ3) is 7.73. The van der Waals surface area contributed by atoms with Crippen LogP contribution >= 0.6 is 0 Å². The number of methoxy groups -OCH3 is 1. The van der Waals surface area contributed by atoms with Gasteiger partial charge in [-0.15, -0.1) is 0 Å². The average Bonchev–Trinajstić information content (AvgIpc) is 3.98. The zero-order valence-corrected chi connectivity index (χ0v) is 31.5. The summed E-state index contributed by atoms with van der Waals surface area (Å²) in [6.07, 6.45) is 6.06. The highest BCUT2D eigenvalue weighted by molar-refractivity contribution is 7.91. The third-order valence-corrected chi connectivity index (χ3v) is 13.3. The van der Waals surface area contributed by atoms with E-state index in [2.05, 4.69) is 20.3 Å². The van der Waals surface area contributed by atoms with Gasteiger partial charge in [-0.3, -0.25) is 19.1 Å². The van der Waals surface area contributed by atoms with Gasteiger partial charge in [0, 0.05) is 23.1 Å². The second-order valence-electron chi connectivity index (χ2n) is 15.2. The van der Waals surface area contributed by atoms with E-state index in [0.717, 1.165) is 6.42 Å². The van der Waals surface area contributed by atoms with Crippen LogP contribution in [0, 0.1) is 17.8 Å². The van der Waals surface area contributed by atoms with Gasteiger partial charge in [-0.1, -0.05) is 26.0 Å². The molecule has 4 N–H and O–H groups in total. The number of carbonyl (C=O) groups excluding carboxylic acids is 3. The summed E-state index contributed by atoms with van der Waals surface area (Å²) < 4.78 is 45.1. The minimum atomic E-state index is -4.01. The van der Waals surface area contributed by atoms with Crippen molar-refractivity contribution < 1.29 is 46.9 Å². The number of carboxylic acid groups (broad SMARTS) is 1. The van der Waals surface area contributed by atoms with Gasteiger partial charge in [0.15, 0.2) is 0 Å². The number of amides is 4. The molecular weight excluding hydrogens is 706 g/mol. The van der Waals surface area contributed by atoms with Gasteiger partial charge in [-0.2, -0.15) is 0 Å². The fourth-order valence-electron chi connectivity index (χ4n) is 7.57. The lowest BCUT2D eigenvalue weighted by molar-refractivity contribution is -0.142. The first-order chi connectivity index (χ1) is 25.1. The SMILES string of the molecule is CCOc1ccc2c(O[C@@H]3C[C@H]4C(=O)NC5(C(=O)NS(=O)(=O)C6(C)CC6)CC5/C=C\CC[C@@H](C)C[C@@H](C)[C@H](NC(=O)O)C(=O)N4C3)ncc(OC)c2c1. The number of allylic oxidation sites excluding steroid dienone is 1. The summed E-state index contributed by atoms with van der Waals surface area (Å²) in [6.45, 7) is 7.66. The molecule has 1 aromatic heterocycles. The number of nitrogens with one attached hydrogen (secondary N) is 3. The Kier molecular flexibility index (Phi) is 10.6. The zero-order chi connectivity index (χ0) is 38.3. The minimum absolute atomic E-state index is 0.0110. The van der Waals surface area contributed by atoms with E-state index in [0.29, 0.717) is 54.6 Å². The van der Waals surface area contributed by atoms with Gasteiger partial charge >= 0.3 is 6.09 Å². The topological polar surface area (TPSA) is 203 Å². The lowest BCUT2D eigenvalue weighted by Gasteiger charge is -2.32. The van der Waals surface area contributed by atoms with Gasteiger partial charge < -0.3 is 34.9 Å². The second-order valence-corrected chi connectivity index (χ2v) is 17.4. The Hall–Kier alpha value is -4.60. The standard InChI is InChI=1S/C37H49N5O10S/c1-6-51-24-11-12-26-27(16-24)29(50-5)19-38-32(26)52-25-17-28-31(43)40-37(34(45)41-53(48,49)36(4)13-14-36)18-23(37)10-8-7-9-21(2)15-22(3)30(39-35(46)47)33(44)42(28)20-25/h8,10-12,16,19,21-23,25,28,30,39H,6-7,9,13-15,17-18,20H2,1-5H3,(H,40,43)(H,41,45)(H,46,47)/b10-8-/t21-,22-,23?,25-,28+,30+,37?/m1/s1. The predicted molar refractivity (Wildman–Crippen MR) is 194 cm³/mol. The number of rotatable bonds is 9. The van der Waals surface area contributed by atoms with E-state index in [1.54, 1.807) is 32.0 Å². The van der Waals surface area contributed by atoms with Gasteiger partial charge in [-0.05, 0) is 82.4 Å². The molecule has 53 heavy (non-hydrogen) atoms. The van der Waals surface area contributed by atoms with Crippen molar-refractivity contribution in [2.45, 2.75) is 101 Å². The number of ether oxygens (including phenoxy) is 3. The number of sulfonamides is 1. The van der Waals surface area contributed by atoms with E-state index in [1.807, 2.05) is 26.0 Å². The lowest BCUT2D eigenvalue weighted by Crippen LogP contribution is -2.59. The molecule has 288 valence electrons. The van der Waals surface area contributed by atoms with Gasteiger partial charge in [0.1, 0.15) is 35.2 Å². The van der Waals surface area contributed by atoms with Crippen LogP contribution in [0.15, 0.2) is 36.5 Å². The number of fused-ring (bicyclic) bond motifs is 3. The molecule has 2 aliphatic heterocycles. The summed E-state index contributed by atoms with van der Waals surface area (Å²) in [5.41, 5.74) is -1.55. The van der Waals surface area contributed by atoms with E-state index < -0.39 is 74.1 Å². The Morgan fingerprint density at radius 2 is 1.91 bits per heavy atom. The van der Waals surface area contributed by atoms with Crippen LogP contribution in [0.25, 0.3) is 10.8 Å². The normalized spacial score (nSPS) is 30.4. The van der Waals surface area contributed by atoms with Crippen LogP contribution in [0.1, 0.15) is 72.6 Å². The van der Waals surface area contributed by atoms with E-state index in [-0.39, 0.29) is 31.2 Å². The molecule has 1 aromatic carbocycles. The van der Waals surface area contributed by atoms with Crippen LogP contribution in [0.2, 0.25) is 0 Å². The molecule has 2 aromatic rings. The summed E-state index contributed by atoms with van der Waals surface area (Å²) in [5, 5.41) is 16.3. The summed E-state index contributed by atoms with van der Waals surface area (Å²) in [5.74, 6) is -1.54. The number of benzene rings is 1. The van der Waals surface area contributed by atoms with E-state index in [1.165, 1.54) is 18.2 Å². The monoisotopic (exact) mass is 755 g/mol. The summed E-state index contributed by atoms with van der Waals surface area (Å²) in [7, 11) is -2.49. The molecule has 15 nitrogen and oxygen atoms in total. The third-order valence-electron chi connectivity index (χ3n) is 11.1. The quantitative estimate of drug-likeness (QED) is 0.273. The highest BCUT2D eigenvalue weighted by atomic mass is 32.2. The van der Waals surface area contributed by atoms with E-state index >= 15 is 0 Å². The summed E-state index contributed by atoms with van der Waals surface area (Å²) in [4.78, 5) is 60.4. The first kappa shape index (κ1) is 38.1. The van der Waals surface area contributed by atoms with Crippen molar-refractivity contribution in [3.63, 3.8) is 0 Å². The Morgan fingerprint density at radius 3 is 2.58 bits per heavy atom. The second kappa shape index (κ2) is 14.7. The van der Waals surface area contributed by atoms with Crippen molar-refractivity contribution in [3.05, 3.63) is 36.5 Å². The maximum atomic E-state index is 14.4. The maximum Gasteiger partial charge on any atom is 0.405 e. The fourth-order valence-corrected chi connectivity index (χ4v) is 8.88. The first-order valence-electron chi connectivity index (χ1n) is 18.2. The number of aromatic nitrogens is 1. The Bertz CT molecular complexity index is 1920. The molecule has 2 saturated carbocycles. The van der Waals surface area contributed by atoms with Crippen LogP contribution < -0.4 is 29.6 Å². The molecular formula is C37H49N5O10S. The van der Waals surface area contributed by atoms with Crippen LogP contribution in [0.3, 0.4) is 0 Å². The van der Waals surface area contributed by atoms with Gasteiger partial charge in [0.05, 0.1) is 31.2 Å². The molecule has 3 fully saturated rings. The number of carbonyl (C=O) groups is 4. The molecule has 2 aliphatic carbocycles. The molecule has 16 heteroatoms. The van der Waals surface area contributed by atoms with E-state index in [4.69, 9.17) is 14.2 Å². The zero-order valence-electron chi connectivity index (χ0n) is 30.7. The maximum absolute atomic E-state index is 14.4. The molecule has 0 bridgehead atoms. The highest BCUT2D eigenvalue weighted by Gasteiger charge is 2.63. The van der Waals surface area contributed by atoms with Crippen molar-refractivity contribution in [1.29, 1.82) is 0 Å². The fraction of sp³-hybridized carbons (Fsp3) is 0.595. The smallest absolute Gasteiger partial charge is 0.405 e. The Balaban J connectivity index is 1.34. The molecule has 7 atom stereocenters. The molecule has 4 aliphatic rings. The van der Waals surface area contributed by atoms with Crippen LogP contribution in [0.5, 0.6) is 17.4 Å². The van der Waals surface area contributed by atoms with Crippen molar-refractivity contribution in [2.75, 3.05) is 20.3 Å². The van der Waals surface area contributed by atoms with Crippen molar-refractivity contribution >= 4 is 44.6 Å². The first-order valence-corrected chi connectivity index (χ1v) is 19.7. The van der Waals surface area contributed by atoms with Crippen molar-refractivity contribution in [1.82, 2.24) is 25.2 Å². The number of hydrogen-bond acceptors (Lipinski definition) is 10. The molecule has 6 rings (SSSR count). The van der Waals surface area contributed by atoms with Crippen molar-refractivity contribution in [3.8, 4) is 17.4 Å². The minimum Gasteiger partial charge on any atom is -0.494 e. The van der Waals surface area contributed by atoms with Crippen LogP contribution in [0.4, 0.5) is 4.79 Å². The summed E-state index contributed by atoms with van der Waals surface area (Å²) >= 11 is 0. The molecule has 0 radical (unpaired) electrons. The lowest BCUT2D eigenvalue weighted by atomic mass is 9.88. The van der Waals surface area contributed by atoms with Crippen LogP contribution in [-0.4, -0.2) is 96.0 Å². The van der Waals surface area contributed by atoms with Crippen LogP contribution in [-0.2, 0) is 24.4 Å². The Morgan fingerprint density at radius 1 is 1.15 bits per heavy atom. The van der Waals surface area contributed by atoms with Gasteiger partial charge in [-0.25, -0.2) is 18.2 Å². The molecule has 3 heterocycles. The van der Waals surface area contributed by atoms with Gasteiger partial charge in [0.25, 0.3) is 5.91 Å². The molecule has 0 spiro atoms. The predicted octanol–water partition coefficient (Wildman–Crippen LogP) is 3.51. The number of pyridine rings is 1. The van der Waals surface area contributed by atoms with Crippen molar-refractivity contribution in [2.24, 2.45) is 17.8 Å². The van der Waals surface area contributed by atoms with E-state index in [9.17, 15) is 32.7 Å². The molecule has 1 saturated heterocycles. The summed E-state index contributed by atoms with van der Waals surface area (Å²) in [6, 6.07) is 3.01. The average molecular weight is 756 g/mol. The Labute approximate surface area is 309 Å². The molecule has 4 amide bonds. The molecule has 2 unspecified atom stereocenters. The number of nitrogens with zero attached hydrogens (tertiary/aromatic N) is 2. The number of hydrogen-bond donors (Lipinski definition) is 4. The van der Waals surface area contributed by atoms with Gasteiger partial charge in [0.2, 0.25) is 27.7 Å².